The number of benzene rings is 1. The van der Waals surface area contributed by atoms with Crippen LogP contribution in [0.25, 0.3) is 0 Å². The van der Waals surface area contributed by atoms with Crippen LogP contribution in [0.2, 0.25) is 0 Å². The molecule has 0 saturated heterocycles. The van der Waals surface area contributed by atoms with E-state index in [9.17, 15) is 8.78 Å². The average Bonchev–Trinajstić information content (AvgIpc) is 2.99. The molecule has 1 aliphatic carbocycles. The third-order valence-electron chi connectivity index (χ3n) is 4.59. The maximum absolute atomic E-state index is 13.3. The van der Waals surface area contributed by atoms with Crippen LogP contribution in [0.4, 0.5) is 20.5 Å². The Bertz CT molecular complexity index is 692. The summed E-state index contributed by atoms with van der Waals surface area (Å²) in [6.45, 7) is 0. The van der Waals surface area contributed by atoms with Gasteiger partial charge in [-0.05, 0) is 55.4 Å². The van der Waals surface area contributed by atoms with Crippen molar-refractivity contribution in [2.24, 2.45) is 5.92 Å². The quantitative estimate of drug-likeness (QED) is 0.940. The molecule has 3 rings (SSSR count). The standard InChI is InChI=1S/C17H20F2N4/c1-23(16-6-7-21-17(20)22-16)13-4-2-11(9-13)8-12-3-5-14(18)15(19)10-12/h3,5-7,10-11,13H,2,4,8-9H2,1H3,(H2,20,21,22)/t11-,13?/m0/s1. The molecular formula is C17H20F2N4. The molecule has 23 heavy (non-hydrogen) atoms. The van der Waals surface area contributed by atoms with Crippen molar-refractivity contribution in [3.8, 4) is 0 Å². The normalized spacial score (nSPS) is 20.7. The summed E-state index contributed by atoms with van der Waals surface area (Å²) in [5.74, 6) is -0.0158. The van der Waals surface area contributed by atoms with Crippen LogP contribution in [-0.2, 0) is 6.42 Å². The number of aromatic nitrogens is 2. The molecule has 2 N–H and O–H groups in total. The molecule has 1 aromatic carbocycles. The van der Waals surface area contributed by atoms with Gasteiger partial charge in [0, 0.05) is 19.3 Å². The van der Waals surface area contributed by atoms with E-state index in [2.05, 4.69) is 14.9 Å². The van der Waals surface area contributed by atoms with Crippen molar-refractivity contribution < 1.29 is 8.78 Å². The van der Waals surface area contributed by atoms with E-state index in [0.717, 1.165) is 37.1 Å². The third kappa shape index (κ3) is 3.57. The zero-order chi connectivity index (χ0) is 16.4. The van der Waals surface area contributed by atoms with Crippen molar-refractivity contribution in [3.05, 3.63) is 47.7 Å². The van der Waals surface area contributed by atoms with E-state index in [1.807, 2.05) is 13.1 Å². The Morgan fingerprint density at radius 1 is 1.22 bits per heavy atom. The lowest BCUT2D eigenvalue weighted by Crippen LogP contribution is -2.30. The molecule has 0 spiro atoms. The highest BCUT2D eigenvalue weighted by Crippen LogP contribution is 2.33. The Morgan fingerprint density at radius 2 is 2.04 bits per heavy atom. The number of hydrogen-bond donors (Lipinski definition) is 1. The lowest BCUT2D eigenvalue weighted by molar-refractivity contribution is 0.498. The fraction of sp³-hybridized carbons (Fsp3) is 0.412. The molecular weight excluding hydrogens is 298 g/mol. The van der Waals surface area contributed by atoms with Crippen molar-refractivity contribution in [1.29, 1.82) is 0 Å². The monoisotopic (exact) mass is 318 g/mol. The molecule has 6 heteroatoms. The minimum absolute atomic E-state index is 0.269. The molecule has 2 atom stereocenters. The SMILES string of the molecule is CN(c1ccnc(N)n1)C1CC[C@@H](Cc2ccc(F)c(F)c2)C1. The molecule has 0 amide bonds. The second kappa shape index (κ2) is 6.48. The minimum atomic E-state index is -0.792. The lowest BCUT2D eigenvalue weighted by Gasteiger charge is -2.25. The number of halogens is 2. The molecule has 2 aromatic rings. The van der Waals surface area contributed by atoms with E-state index in [0.29, 0.717) is 12.0 Å². The fourth-order valence-electron chi connectivity index (χ4n) is 3.33. The van der Waals surface area contributed by atoms with Gasteiger partial charge >= 0.3 is 0 Å². The van der Waals surface area contributed by atoms with Crippen LogP contribution in [0.1, 0.15) is 24.8 Å². The Hall–Kier alpha value is -2.24. The van der Waals surface area contributed by atoms with Gasteiger partial charge in [-0.2, -0.15) is 4.98 Å². The van der Waals surface area contributed by atoms with Crippen molar-refractivity contribution in [1.82, 2.24) is 9.97 Å². The van der Waals surface area contributed by atoms with Crippen LogP contribution in [0.5, 0.6) is 0 Å². The van der Waals surface area contributed by atoms with Gasteiger partial charge in [-0.1, -0.05) is 6.07 Å². The summed E-state index contributed by atoms with van der Waals surface area (Å²) in [6, 6.07) is 6.39. The molecule has 1 unspecified atom stereocenters. The van der Waals surface area contributed by atoms with Crippen LogP contribution in [-0.4, -0.2) is 23.1 Å². The second-order valence-corrected chi connectivity index (χ2v) is 6.17. The van der Waals surface area contributed by atoms with E-state index >= 15 is 0 Å². The lowest BCUT2D eigenvalue weighted by atomic mass is 9.97. The van der Waals surface area contributed by atoms with E-state index in [1.165, 1.54) is 12.1 Å². The van der Waals surface area contributed by atoms with Crippen molar-refractivity contribution in [3.63, 3.8) is 0 Å². The van der Waals surface area contributed by atoms with Crippen molar-refractivity contribution >= 4 is 11.8 Å². The van der Waals surface area contributed by atoms with Gasteiger partial charge < -0.3 is 10.6 Å². The maximum Gasteiger partial charge on any atom is 0.221 e. The fourth-order valence-corrected chi connectivity index (χ4v) is 3.33. The molecule has 1 saturated carbocycles. The Labute approximate surface area is 134 Å². The topological polar surface area (TPSA) is 55.0 Å². The maximum atomic E-state index is 13.3. The first kappa shape index (κ1) is 15.6. The smallest absolute Gasteiger partial charge is 0.221 e. The van der Waals surface area contributed by atoms with Crippen LogP contribution in [0.15, 0.2) is 30.5 Å². The molecule has 1 fully saturated rings. The highest BCUT2D eigenvalue weighted by molar-refractivity contribution is 5.41. The zero-order valence-electron chi connectivity index (χ0n) is 13.0. The molecule has 0 aliphatic heterocycles. The number of hydrogen-bond acceptors (Lipinski definition) is 4. The van der Waals surface area contributed by atoms with Crippen LogP contribution in [0, 0.1) is 17.6 Å². The van der Waals surface area contributed by atoms with Crippen LogP contribution < -0.4 is 10.6 Å². The summed E-state index contributed by atoms with van der Waals surface area (Å²) in [5, 5.41) is 0. The van der Waals surface area contributed by atoms with Gasteiger partial charge in [-0.3, -0.25) is 0 Å². The summed E-state index contributed by atoms with van der Waals surface area (Å²) >= 11 is 0. The predicted octanol–water partition coefficient (Wildman–Crippen LogP) is 3.18. The van der Waals surface area contributed by atoms with Gasteiger partial charge in [0.05, 0.1) is 0 Å². The highest BCUT2D eigenvalue weighted by Gasteiger charge is 2.28. The molecule has 1 heterocycles. The minimum Gasteiger partial charge on any atom is -0.368 e. The average molecular weight is 318 g/mol. The Morgan fingerprint density at radius 3 is 2.78 bits per heavy atom. The van der Waals surface area contributed by atoms with Gasteiger partial charge in [0.25, 0.3) is 0 Å². The summed E-state index contributed by atoms with van der Waals surface area (Å²) in [7, 11) is 2.01. The van der Waals surface area contributed by atoms with E-state index in [1.54, 1.807) is 12.3 Å². The number of nitrogens with zero attached hydrogens (tertiary/aromatic N) is 3. The van der Waals surface area contributed by atoms with E-state index in [4.69, 9.17) is 5.73 Å². The summed E-state index contributed by atoms with van der Waals surface area (Å²) in [4.78, 5) is 10.3. The number of rotatable bonds is 4. The first-order valence-electron chi connectivity index (χ1n) is 7.78. The summed E-state index contributed by atoms with van der Waals surface area (Å²) in [6.07, 6.45) is 5.54. The number of nitrogen functional groups attached to an aromatic ring is 1. The molecule has 4 nitrogen and oxygen atoms in total. The van der Waals surface area contributed by atoms with Gasteiger partial charge in [0.2, 0.25) is 5.95 Å². The number of nitrogens with two attached hydrogens (primary N) is 1. The van der Waals surface area contributed by atoms with E-state index < -0.39 is 11.6 Å². The Balaban J connectivity index is 1.62. The summed E-state index contributed by atoms with van der Waals surface area (Å²) < 4.78 is 26.3. The first-order valence-corrected chi connectivity index (χ1v) is 7.78. The summed E-state index contributed by atoms with van der Waals surface area (Å²) in [5.41, 5.74) is 6.49. The van der Waals surface area contributed by atoms with Gasteiger partial charge in [0.1, 0.15) is 5.82 Å². The van der Waals surface area contributed by atoms with Crippen molar-refractivity contribution in [2.75, 3.05) is 17.7 Å². The van der Waals surface area contributed by atoms with E-state index in [-0.39, 0.29) is 5.95 Å². The molecule has 0 bridgehead atoms. The van der Waals surface area contributed by atoms with Gasteiger partial charge in [-0.15, -0.1) is 0 Å². The van der Waals surface area contributed by atoms with Crippen molar-refractivity contribution in [2.45, 2.75) is 31.7 Å². The largest absolute Gasteiger partial charge is 0.368 e. The first-order chi connectivity index (χ1) is 11.0. The van der Waals surface area contributed by atoms with Crippen LogP contribution >= 0.6 is 0 Å². The van der Waals surface area contributed by atoms with Gasteiger partial charge in [-0.25, -0.2) is 13.8 Å². The molecule has 122 valence electrons. The highest BCUT2D eigenvalue weighted by atomic mass is 19.2. The van der Waals surface area contributed by atoms with Gasteiger partial charge in [0.15, 0.2) is 11.6 Å². The predicted molar refractivity (Wildman–Crippen MR) is 86.0 cm³/mol. The molecule has 1 aromatic heterocycles. The third-order valence-corrected chi connectivity index (χ3v) is 4.59. The molecule has 1 aliphatic rings. The Kier molecular flexibility index (Phi) is 4.41. The zero-order valence-corrected chi connectivity index (χ0v) is 13.0. The number of anilines is 2. The second-order valence-electron chi connectivity index (χ2n) is 6.17. The van der Waals surface area contributed by atoms with Crippen LogP contribution in [0.3, 0.4) is 0 Å². The molecule has 0 radical (unpaired) electrons.